The largest absolute Gasteiger partial charge is 0.330 e. The lowest BCUT2D eigenvalue weighted by Crippen LogP contribution is -2.19. The van der Waals surface area contributed by atoms with Gasteiger partial charge in [-0.3, -0.25) is 0 Å². The molecule has 1 saturated carbocycles. The van der Waals surface area contributed by atoms with Gasteiger partial charge in [0.1, 0.15) is 0 Å². The molecule has 1 aromatic carbocycles. The van der Waals surface area contributed by atoms with Gasteiger partial charge >= 0.3 is 0 Å². The molecule has 1 aliphatic rings. The average Bonchev–Trinajstić information content (AvgIpc) is 3.08. The molecule has 94 valence electrons. The van der Waals surface area contributed by atoms with Gasteiger partial charge in [0.15, 0.2) is 9.84 Å². The number of benzene rings is 1. The first-order valence-electron chi connectivity index (χ1n) is 5.97. The second kappa shape index (κ2) is 4.42. The van der Waals surface area contributed by atoms with E-state index in [4.69, 9.17) is 5.73 Å². The zero-order valence-corrected chi connectivity index (χ0v) is 11.0. The third kappa shape index (κ3) is 2.87. The van der Waals surface area contributed by atoms with Gasteiger partial charge < -0.3 is 5.73 Å². The van der Waals surface area contributed by atoms with E-state index in [1.165, 1.54) is 0 Å². The highest BCUT2D eigenvalue weighted by molar-refractivity contribution is 7.91. The third-order valence-corrected chi connectivity index (χ3v) is 5.40. The number of nitrogens with two attached hydrogens (primary N) is 1. The molecule has 0 aromatic heterocycles. The van der Waals surface area contributed by atoms with Gasteiger partial charge in [0.05, 0.1) is 10.6 Å². The molecule has 2 N–H and O–H groups in total. The van der Waals surface area contributed by atoms with Gasteiger partial charge in [-0.1, -0.05) is 17.7 Å². The second-order valence-electron chi connectivity index (χ2n) is 5.09. The minimum Gasteiger partial charge on any atom is -0.330 e. The van der Waals surface area contributed by atoms with Gasteiger partial charge in [0.2, 0.25) is 0 Å². The van der Waals surface area contributed by atoms with E-state index in [1.807, 2.05) is 19.1 Å². The minimum atomic E-state index is -3.14. The summed E-state index contributed by atoms with van der Waals surface area (Å²) in [6.45, 7) is 2.56. The molecule has 0 heterocycles. The lowest BCUT2D eigenvalue weighted by molar-refractivity contribution is 0.498. The van der Waals surface area contributed by atoms with Crippen LogP contribution in [0.2, 0.25) is 0 Å². The topological polar surface area (TPSA) is 60.2 Å². The molecule has 0 saturated heterocycles. The fourth-order valence-electron chi connectivity index (χ4n) is 1.95. The number of hydrogen-bond acceptors (Lipinski definition) is 3. The molecule has 0 unspecified atom stereocenters. The average molecular weight is 253 g/mol. The Labute approximate surface area is 103 Å². The van der Waals surface area contributed by atoms with E-state index in [0.717, 1.165) is 18.4 Å². The highest BCUT2D eigenvalue weighted by Gasteiger charge is 2.41. The maximum absolute atomic E-state index is 12.1. The fraction of sp³-hybridized carbons (Fsp3) is 0.538. The summed E-state index contributed by atoms with van der Waals surface area (Å²) in [5, 5.41) is 0. The van der Waals surface area contributed by atoms with E-state index in [9.17, 15) is 8.42 Å². The Bertz CT molecular complexity index is 487. The Morgan fingerprint density at radius 3 is 2.29 bits per heavy atom. The molecule has 0 spiro atoms. The first kappa shape index (κ1) is 12.6. The molecule has 1 aromatic rings. The molecule has 3 nitrogen and oxygen atoms in total. The van der Waals surface area contributed by atoms with Crippen LogP contribution in [0.4, 0.5) is 0 Å². The van der Waals surface area contributed by atoms with E-state index in [-0.39, 0.29) is 11.2 Å². The van der Waals surface area contributed by atoms with E-state index < -0.39 is 9.84 Å². The van der Waals surface area contributed by atoms with Crippen molar-refractivity contribution in [1.29, 1.82) is 0 Å². The highest BCUT2D eigenvalue weighted by Crippen LogP contribution is 2.48. The summed E-state index contributed by atoms with van der Waals surface area (Å²) in [6, 6.07) is 7.05. The summed E-state index contributed by atoms with van der Waals surface area (Å²) in [5.41, 5.74) is 6.86. The van der Waals surface area contributed by atoms with Crippen molar-refractivity contribution in [1.82, 2.24) is 0 Å². The standard InChI is InChI=1S/C13H19NO2S/c1-11-2-4-12(5-3-11)17(15,16)9-8-13(10-14)6-7-13/h2-5H,6-10,14H2,1H3. The molecule has 17 heavy (non-hydrogen) atoms. The molecule has 0 aliphatic heterocycles. The molecule has 1 aliphatic carbocycles. The van der Waals surface area contributed by atoms with Crippen molar-refractivity contribution in [3.8, 4) is 0 Å². The Morgan fingerprint density at radius 2 is 1.82 bits per heavy atom. The quantitative estimate of drug-likeness (QED) is 0.872. The Hall–Kier alpha value is -0.870. The SMILES string of the molecule is Cc1ccc(S(=O)(=O)CCC2(CN)CC2)cc1. The number of sulfone groups is 1. The van der Waals surface area contributed by atoms with Gasteiger partial charge in [-0.15, -0.1) is 0 Å². The molecule has 0 amide bonds. The Balaban J connectivity index is 2.06. The van der Waals surface area contributed by atoms with Crippen molar-refractivity contribution >= 4 is 9.84 Å². The van der Waals surface area contributed by atoms with Crippen LogP contribution in [0.1, 0.15) is 24.8 Å². The van der Waals surface area contributed by atoms with E-state index in [0.29, 0.717) is 17.9 Å². The number of aryl methyl sites for hydroxylation is 1. The maximum Gasteiger partial charge on any atom is 0.178 e. The minimum absolute atomic E-state index is 0.123. The Kier molecular flexibility index (Phi) is 3.27. The molecular formula is C13H19NO2S. The first-order valence-corrected chi connectivity index (χ1v) is 7.62. The van der Waals surface area contributed by atoms with Crippen molar-refractivity contribution in [2.24, 2.45) is 11.1 Å². The zero-order chi connectivity index (χ0) is 12.5. The van der Waals surface area contributed by atoms with Gasteiger partial charge in [-0.2, -0.15) is 0 Å². The molecule has 1 fully saturated rings. The van der Waals surface area contributed by atoms with Crippen molar-refractivity contribution in [2.45, 2.75) is 31.1 Å². The van der Waals surface area contributed by atoms with E-state index in [2.05, 4.69) is 0 Å². The van der Waals surface area contributed by atoms with Gasteiger partial charge in [0.25, 0.3) is 0 Å². The third-order valence-electron chi connectivity index (χ3n) is 3.67. The smallest absolute Gasteiger partial charge is 0.178 e. The van der Waals surface area contributed by atoms with Crippen LogP contribution < -0.4 is 5.73 Å². The zero-order valence-electron chi connectivity index (χ0n) is 10.1. The summed E-state index contributed by atoms with van der Waals surface area (Å²) in [7, 11) is -3.14. The summed E-state index contributed by atoms with van der Waals surface area (Å²) in [5.74, 6) is 0.216. The van der Waals surface area contributed by atoms with Gasteiger partial charge in [-0.25, -0.2) is 8.42 Å². The molecular weight excluding hydrogens is 234 g/mol. The van der Waals surface area contributed by atoms with Crippen molar-refractivity contribution < 1.29 is 8.42 Å². The molecule has 0 atom stereocenters. The van der Waals surface area contributed by atoms with Crippen LogP contribution in [0.15, 0.2) is 29.2 Å². The predicted octanol–water partition coefficient (Wildman–Crippen LogP) is 1.90. The normalized spacial score (nSPS) is 18.0. The highest BCUT2D eigenvalue weighted by atomic mass is 32.2. The van der Waals surface area contributed by atoms with Crippen LogP contribution in [0, 0.1) is 12.3 Å². The fourth-order valence-corrected chi connectivity index (χ4v) is 3.44. The van der Waals surface area contributed by atoms with Gasteiger partial charge in [-0.05, 0) is 50.3 Å². The lowest BCUT2D eigenvalue weighted by atomic mass is 10.1. The van der Waals surface area contributed by atoms with Crippen LogP contribution in [0.3, 0.4) is 0 Å². The number of hydrogen-bond donors (Lipinski definition) is 1. The van der Waals surface area contributed by atoms with Crippen LogP contribution >= 0.6 is 0 Å². The number of rotatable bonds is 5. The molecule has 0 bridgehead atoms. The summed E-state index contributed by atoms with van der Waals surface area (Å²) < 4.78 is 24.2. The van der Waals surface area contributed by atoms with Crippen LogP contribution in [0.25, 0.3) is 0 Å². The maximum atomic E-state index is 12.1. The lowest BCUT2D eigenvalue weighted by Gasteiger charge is -2.12. The van der Waals surface area contributed by atoms with Gasteiger partial charge in [0, 0.05) is 0 Å². The van der Waals surface area contributed by atoms with E-state index >= 15 is 0 Å². The first-order chi connectivity index (χ1) is 7.97. The van der Waals surface area contributed by atoms with Crippen LogP contribution in [0.5, 0.6) is 0 Å². The second-order valence-corrected chi connectivity index (χ2v) is 7.20. The summed E-state index contributed by atoms with van der Waals surface area (Å²) in [4.78, 5) is 0.427. The Morgan fingerprint density at radius 1 is 1.24 bits per heavy atom. The predicted molar refractivity (Wildman–Crippen MR) is 68.6 cm³/mol. The van der Waals surface area contributed by atoms with Crippen molar-refractivity contribution in [3.63, 3.8) is 0 Å². The van der Waals surface area contributed by atoms with Crippen LogP contribution in [-0.4, -0.2) is 20.7 Å². The summed E-state index contributed by atoms with van der Waals surface area (Å²) in [6.07, 6.45) is 2.85. The molecule has 4 heteroatoms. The van der Waals surface area contributed by atoms with Crippen molar-refractivity contribution in [2.75, 3.05) is 12.3 Å². The monoisotopic (exact) mass is 253 g/mol. The van der Waals surface area contributed by atoms with Crippen molar-refractivity contribution in [3.05, 3.63) is 29.8 Å². The van der Waals surface area contributed by atoms with E-state index in [1.54, 1.807) is 12.1 Å². The molecule has 0 radical (unpaired) electrons. The van der Waals surface area contributed by atoms with Crippen LogP contribution in [-0.2, 0) is 9.84 Å². The summed E-state index contributed by atoms with van der Waals surface area (Å²) >= 11 is 0. The molecule has 2 rings (SSSR count).